The van der Waals surface area contributed by atoms with Crippen LogP contribution in [-0.4, -0.2) is 28.7 Å². The molecule has 2 aromatic carbocycles. The number of nitrogens with zero attached hydrogens (tertiary/aromatic N) is 2. The molecule has 27 heavy (non-hydrogen) atoms. The maximum absolute atomic E-state index is 11.5. The summed E-state index contributed by atoms with van der Waals surface area (Å²) in [6.07, 6.45) is 1.16. The maximum atomic E-state index is 11.5. The summed E-state index contributed by atoms with van der Waals surface area (Å²) >= 11 is 7.37. The number of carbonyl (C=O) groups excluding carboxylic acids is 1. The average Bonchev–Trinajstić information content (AvgIpc) is 3.26. The van der Waals surface area contributed by atoms with E-state index in [1.165, 1.54) is 11.3 Å². The molecule has 0 bridgehead atoms. The normalized spacial score (nSPS) is 13.9. The molecular weight excluding hydrogens is 382 g/mol. The van der Waals surface area contributed by atoms with E-state index < -0.39 is 0 Å². The van der Waals surface area contributed by atoms with E-state index in [0.29, 0.717) is 13.0 Å². The van der Waals surface area contributed by atoms with Crippen LogP contribution in [0.1, 0.15) is 11.1 Å². The highest BCUT2D eigenvalue weighted by atomic mass is 35.5. The summed E-state index contributed by atoms with van der Waals surface area (Å²) in [5.41, 5.74) is 10.2. The fourth-order valence-electron chi connectivity index (χ4n) is 2.99. The summed E-state index contributed by atoms with van der Waals surface area (Å²) in [7, 11) is 0. The summed E-state index contributed by atoms with van der Waals surface area (Å²) in [4.78, 5) is 11.5. The molecule has 1 aromatic heterocycles. The lowest BCUT2D eigenvalue weighted by Crippen LogP contribution is -2.31. The summed E-state index contributed by atoms with van der Waals surface area (Å²) < 4.78 is 0. The van der Waals surface area contributed by atoms with Gasteiger partial charge in [-0.1, -0.05) is 35.1 Å². The van der Waals surface area contributed by atoms with Crippen molar-refractivity contribution in [2.45, 2.75) is 18.9 Å². The van der Waals surface area contributed by atoms with Gasteiger partial charge in [-0.2, -0.15) is 0 Å². The minimum atomic E-state index is -0.0457. The van der Waals surface area contributed by atoms with E-state index >= 15 is 0 Å². The number of aromatic nitrogens is 2. The highest BCUT2D eigenvalue weighted by molar-refractivity contribution is 7.18. The summed E-state index contributed by atoms with van der Waals surface area (Å²) in [5, 5.41) is 16.8. The minimum Gasteiger partial charge on any atom is -0.359 e. The van der Waals surface area contributed by atoms with Crippen LogP contribution in [0.15, 0.2) is 42.5 Å². The first-order chi connectivity index (χ1) is 13.1. The fraction of sp³-hybridized carbons (Fsp3) is 0.211. The predicted octanol–water partition coefficient (Wildman–Crippen LogP) is 3.34. The Bertz CT molecular complexity index is 972. The van der Waals surface area contributed by atoms with Crippen molar-refractivity contribution in [1.29, 1.82) is 0 Å². The molecule has 1 amide bonds. The molecule has 4 N–H and O–H groups in total. The Hall–Kier alpha value is -2.48. The smallest absolute Gasteiger partial charge is 0.228 e. The van der Waals surface area contributed by atoms with Crippen LogP contribution in [0.3, 0.4) is 0 Å². The molecule has 0 aliphatic carbocycles. The highest BCUT2D eigenvalue weighted by Gasteiger charge is 2.18. The number of amides is 1. The number of rotatable bonds is 6. The topological polar surface area (TPSA) is 92.9 Å². The van der Waals surface area contributed by atoms with E-state index in [1.807, 2.05) is 42.5 Å². The number of nitrogens with two attached hydrogens (primary N) is 1. The van der Waals surface area contributed by atoms with Crippen molar-refractivity contribution in [2.75, 3.05) is 17.2 Å². The van der Waals surface area contributed by atoms with Gasteiger partial charge in [-0.05, 0) is 47.9 Å². The van der Waals surface area contributed by atoms with Gasteiger partial charge in [0.25, 0.3) is 0 Å². The van der Waals surface area contributed by atoms with E-state index in [4.69, 9.17) is 17.3 Å². The maximum Gasteiger partial charge on any atom is 0.228 e. The first kappa shape index (κ1) is 17.9. The fourth-order valence-corrected chi connectivity index (χ4v) is 3.86. The largest absolute Gasteiger partial charge is 0.359 e. The molecule has 0 saturated heterocycles. The van der Waals surface area contributed by atoms with Gasteiger partial charge in [-0.25, -0.2) is 0 Å². The SMILES string of the molecule is NC(CNc1nnc(-c2ccc3c(c2)CC(=O)N3)s1)Cc1ccc(Cl)cc1. The van der Waals surface area contributed by atoms with Gasteiger partial charge in [0.2, 0.25) is 11.0 Å². The zero-order valence-corrected chi connectivity index (χ0v) is 16.0. The third kappa shape index (κ3) is 4.27. The van der Waals surface area contributed by atoms with Gasteiger partial charge in [-0.3, -0.25) is 4.79 Å². The second-order valence-corrected chi connectivity index (χ2v) is 7.89. The zero-order valence-electron chi connectivity index (χ0n) is 14.4. The van der Waals surface area contributed by atoms with E-state index in [0.717, 1.165) is 44.0 Å². The first-order valence-corrected chi connectivity index (χ1v) is 9.77. The van der Waals surface area contributed by atoms with Gasteiger partial charge in [0.1, 0.15) is 5.01 Å². The van der Waals surface area contributed by atoms with Gasteiger partial charge in [0.15, 0.2) is 0 Å². The van der Waals surface area contributed by atoms with Crippen LogP contribution >= 0.6 is 22.9 Å². The standard InChI is InChI=1S/C19H18ClN5OS/c20-14-4-1-11(2-5-14)7-15(21)10-22-19-25-24-18(27-19)12-3-6-16-13(8-12)9-17(26)23-16/h1-6,8,15H,7,9-10,21H2,(H,22,25)(H,23,26). The monoisotopic (exact) mass is 399 g/mol. The van der Waals surface area contributed by atoms with Crippen molar-refractivity contribution in [3.63, 3.8) is 0 Å². The number of nitrogens with one attached hydrogen (secondary N) is 2. The second-order valence-electron chi connectivity index (χ2n) is 6.48. The lowest BCUT2D eigenvalue weighted by Gasteiger charge is -2.12. The Morgan fingerprint density at radius 1 is 1.22 bits per heavy atom. The molecule has 0 fully saturated rings. The molecule has 1 aliphatic rings. The number of halogens is 1. The molecule has 2 heterocycles. The minimum absolute atomic E-state index is 0.0245. The molecular formula is C19H18ClN5OS. The van der Waals surface area contributed by atoms with Crippen LogP contribution in [0.4, 0.5) is 10.8 Å². The summed E-state index contributed by atoms with van der Waals surface area (Å²) in [6.45, 7) is 0.597. The molecule has 0 saturated carbocycles. The second kappa shape index (κ2) is 7.64. The van der Waals surface area contributed by atoms with Crippen LogP contribution in [0.25, 0.3) is 10.6 Å². The van der Waals surface area contributed by atoms with Gasteiger partial charge >= 0.3 is 0 Å². The third-order valence-corrected chi connectivity index (χ3v) is 5.51. The van der Waals surface area contributed by atoms with Crippen LogP contribution in [0.5, 0.6) is 0 Å². The predicted molar refractivity (Wildman–Crippen MR) is 109 cm³/mol. The average molecular weight is 400 g/mol. The van der Waals surface area contributed by atoms with Gasteiger partial charge < -0.3 is 16.4 Å². The van der Waals surface area contributed by atoms with Crippen LogP contribution in [0, 0.1) is 0 Å². The van der Waals surface area contributed by atoms with Crippen molar-refractivity contribution < 1.29 is 4.79 Å². The Morgan fingerprint density at radius 3 is 2.85 bits per heavy atom. The molecule has 8 heteroatoms. The van der Waals surface area contributed by atoms with E-state index in [-0.39, 0.29) is 11.9 Å². The number of fused-ring (bicyclic) bond motifs is 1. The number of anilines is 2. The van der Waals surface area contributed by atoms with E-state index in [1.54, 1.807) is 0 Å². The molecule has 1 atom stereocenters. The molecule has 0 spiro atoms. The Labute approximate surface area is 165 Å². The molecule has 6 nitrogen and oxygen atoms in total. The van der Waals surface area contributed by atoms with Crippen LogP contribution in [-0.2, 0) is 17.6 Å². The number of carbonyl (C=O) groups is 1. The van der Waals surface area contributed by atoms with Gasteiger partial charge in [0.05, 0.1) is 6.42 Å². The van der Waals surface area contributed by atoms with Crippen molar-refractivity contribution in [3.05, 3.63) is 58.6 Å². The third-order valence-electron chi connectivity index (χ3n) is 4.33. The zero-order chi connectivity index (χ0) is 18.8. The Kier molecular flexibility index (Phi) is 5.07. The Balaban J connectivity index is 1.36. The van der Waals surface area contributed by atoms with Crippen molar-refractivity contribution in [1.82, 2.24) is 10.2 Å². The van der Waals surface area contributed by atoms with Crippen molar-refractivity contribution in [2.24, 2.45) is 5.73 Å². The molecule has 1 unspecified atom stereocenters. The number of benzene rings is 2. The van der Waals surface area contributed by atoms with Crippen molar-refractivity contribution in [3.8, 4) is 10.6 Å². The van der Waals surface area contributed by atoms with E-state index in [9.17, 15) is 4.79 Å². The highest BCUT2D eigenvalue weighted by Crippen LogP contribution is 2.31. The summed E-state index contributed by atoms with van der Waals surface area (Å²) in [6, 6.07) is 13.5. The lowest BCUT2D eigenvalue weighted by atomic mass is 10.1. The number of hydrogen-bond donors (Lipinski definition) is 3. The van der Waals surface area contributed by atoms with Gasteiger partial charge in [0, 0.05) is 28.9 Å². The van der Waals surface area contributed by atoms with Crippen LogP contribution < -0.4 is 16.4 Å². The summed E-state index contributed by atoms with van der Waals surface area (Å²) in [5.74, 6) is 0.0245. The molecule has 4 rings (SSSR count). The first-order valence-electron chi connectivity index (χ1n) is 8.57. The molecule has 1 aliphatic heterocycles. The number of hydrogen-bond acceptors (Lipinski definition) is 6. The van der Waals surface area contributed by atoms with Crippen molar-refractivity contribution >= 4 is 39.7 Å². The molecule has 0 radical (unpaired) electrons. The molecule has 138 valence electrons. The lowest BCUT2D eigenvalue weighted by molar-refractivity contribution is -0.115. The Morgan fingerprint density at radius 2 is 2.04 bits per heavy atom. The quantitative estimate of drug-likeness (QED) is 0.591. The van der Waals surface area contributed by atoms with E-state index in [2.05, 4.69) is 20.8 Å². The van der Waals surface area contributed by atoms with Gasteiger partial charge in [-0.15, -0.1) is 10.2 Å². The van der Waals surface area contributed by atoms with Crippen LogP contribution in [0.2, 0.25) is 5.02 Å². The molecule has 3 aromatic rings.